The molecule has 0 unspecified atom stereocenters. The number of methoxy groups -OCH3 is 2. The minimum Gasteiger partial charge on any atom is -1.00 e. The van der Waals surface area contributed by atoms with Gasteiger partial charge in [0.25, 0.3) is 0 Å². The van der Waals surface area contributed by atoms with Crippen LogP contribution in [0.4, 0.5) is 11.4 Å². The lowest BCUT2D eigenvalue weighted by Crippen LogP contribution is -3.00. The Labute approximate surface area is 192 Å². The van der Waals surface area contributed by atoms with E-state index in [1.54, 1.807) is 20.3 Å². The summed E-state index contributed by atoms with van der Waals surface area (Å²) in [6.07, 6.45) is 3.80. The summed E-state index contributed by atoms with van der Waals surface area (Å²) in [4.78, 5) is 3.25. The van der Waals surface area contributed by atoms with Crippen molar-refractivity contribution in [1.82, 2.24) is 0 Å². The van der Waals surface area contributed by atoms with Crippen molar-refractivity contribution in [3.8, 4) is 11.5 Å². The van der Waals surface area contributed by atoms with Crippen LogP contribution in [-0.4, -0.2) is 20.4 Å². The molecule has 30 heavy (non-hydrogen) atoms. The second-order valence-corrected chi connectivity index (χ2v) is 6.92. The molecule has 0 aliphatic heterocycles. The maximum atomic E-state index is 6.22. The molecule has 0 saturated heterocycles. The van der Waals surface area contributed by atoms with Crippen LogP contribution in [0.3, 0.4) is 0 Å². The molecule has 0 aromatic heterocycles. The molecule has 4 nitrogen and oxygen atoms in total. The Kier molecular flexibility index (Phi) is 9.06. The fraction of sp³-hybridized carbons (Fsp3) is 0.0870. The molecule has 0 fully saturated rings. The van der Waals surface area contributed by atoms with E-state index in [0.29, 0.717) is 10.0 Å². The van der Waals surface area contributed by atoms with Gasteiger partial charge in [-0.05, 0) is 54.1 Å². The molecule has 2 N–H and O–H groups in total. The highest BCUT2D eigenvalue weighted by Gasteiger charge is 2.06. The van der Waals surface area contributed by atoms with Crippen LogP contribution in [0.25, 0.3) is 5.70 Å². The van der Waals surface area contributed by atoms with Gasteiger partial charge in [0.1, 0.15) is 11.5 Å². The lowest BCUT2D eigenvalue weighted by Gasteiger charge is -2.12. The third-order valence-corrected chi connectivity index (χ3v) is 4.93. The van der Waals surface area contributed by atoms with Gasteiger partial charge in [-0.1, -0.05) is 29.3 Å². The highest BCUT2D eigenvalue weighted by molar-refractivity contribution is 6.42. The van der Waals surface area contributed by atoms with Gasteiger partial charge in [0.05, 0.1) is 30.0 Å². The molecule has 3 aromatic rings. The quantitative estimate of drug-likeness (QED) is 0.527. The van der Waals surface area contributed by atoms with Crippen LogP contribution in [0.15, 0.2) is 72.8 Å². The number of benzene rings is 3. The van der Waals surface area contributed by atoms with Crippen LogP contribution in [-0.2, 0) is 0 Å². The normalized spacial score (nSPS) is 11.1. The lowest BCUT2D eigenvalue weighted by atomic mass is 10.1. The van der Waals surface area contributed by atoms with E-state index in [-0.39, 0.29) is 12.4 Å². The number of halogens is 3. The van der Waals surface area contributed by atoms with Gasteiger partial charge in [0, 0.05) is 23.9 Å². The minimum atomic E-state index is 0. The SMILES string of the molecule is COc1ccc(NC(=CC=[NH+]c2ccc(OC)cc2)c2ccc(Cl)c(Cl)c2)cc1.[Cl-]. The highest BCUT2D eigenvalue weighted by atomic mass is 35.5. The summed E-state index contributed by atoms with van der Waals surface area (Å²) in [6.45, 7) is 0. The molecular formula is C23H21Cl3N2O2. The molecule has 156 valence electrons. The van der Waals surface area contributed by atoms with Gasteiger partial charge >= 0.3 is 0 Å². The van der Waals surface area contributed by atoms with Crippen molar-refractivity contribution in [2.24, 2.45) is 0 Å². The Morgan fingerprint density at radius 2 is 1.43 bits per heavy atom. The average molecular weight is 464 g/mol. The van der Waals surface area contributed by atoms with E-state index in [9.17, 15) is 0 Å². The Morgan fingerprint density at radius 1 is 0.833 bits per heavy atom. The van der Waals surface area contributed by atoms with Crippen molar-refractivity contribution in [3.05, 3.63) is 88.4 Å². The van der Waals surface area contributed by atoms with Gasteiger partial charge in [-0.25, -0.2) is 4.99 Å². The summed E-state index contributed by atoms with van der Waals surface area (Å²) in [5.41, 5.74) is 3.62. The van der Waals surface area contributed by atoms with Crippen LogP contribution in [0, 0.1) is 0 Å². The molecule has 0 radical (unpaired) electrons. The maximum Gasteiger partial charge on any atom is 0.203 e. The molecule has 3 aromatic carbocycles. The monoisotopic (exact) mass is 462 g/mol. The smallest absolute Gasteiger partial charge is 0.203 e. The zero-order valence-corrected chi connectivity index (χ0v) is 18.7. The minimum absolute atomic E-state index is 0. The molecule has 0 aliphatic rings. The summed E-state index contributed by atoms with van der Waals surface area (Å²) in [6, 6.07) is 20.9. The van der Waals surface area contributed by atoms with Gasteiger partial charge in [0.2, 0.25) is 5.69 Å². The van der Waals surface area contributed by atoms with E-state index in [1.807, 2.05) is 73.0 Å². The second-order valence-electron chi connectivity index (χ2n) is 6.10. The molecule has 0 saturated carbocycles. The Morgan fingerprint density at radius 3 is 2.00 bits per heavy atom. The first kappa shape index (κ1) is 23.6. The Hall–Kier alpha value is -2.66. The maximum absolute atomic E-state index is 6.22. The number of anilines is 1. The largest absolute Gasteiger partial charge is 1.00 e. The number of hydrogen-bond acceptors (Lipinski definition) is 3. The Bertz CT molecular complexity index is 1020. The molecule has 0 amide bonds. The lowest BCUT2D eigenvalue weighted by molar-refractivity contribution is -0.346. The number of allylic oxidation sites excluding steroid dienone is 1. The molecular weight excluding hydrogens is 443 g/mol. The number of nitrogens with one attached hydrogen (secondary N) is 2. The first-order valence-corrected chi connectivity index (χ1v) is 9.65. The predicted molar refractivity (Wildman–Crippen MR) is 121 cm³/mol. The number of rotatable bonds is 7. The fourth-order valence-electron chi connectivity index (χ4n) is 2.61. The van der Waals surface area contributed by atoms with Gasteiger partial charge in [-0.15, -0.1) is 0 Å². The zero-order valence-electron chi connectivity index (χ0n) is 16.5. The van der Waals surface area contributed by atoms with E-state index in [2.05, 4.69) is 10.3 Å². The third-order valence-electron chi connectivity index (χ3n) is 4.19. The zero-order chi connectivity index (χ0) is 20.6. The van der Waals surface area contributed by atoms with E-state index < -0.39 is 0 Å². The molecule has 0 spiro atoms. The molecule has 0 atom stereocenters. The summed E-state index contributed by atoms with van der Waals surface area (Å²) in [7, 11) is 3.29. The van der Waals surface area contributed by atoms with Crippen molar-refractivity contribution in [2.75, 3.05) is 19.5 Å². The molecule has 0 aliphatic carbocycles. The van der Waals surface area contributed by atoms with Crippen LogP contribution >= 0.6 is 23.2 Å². The van der Waals surface area contributed by atoms with Gasteiger partial charge in [-0.3, -0.25) is 0 Å². The van der Waals surface area contributed by atoms with E-state index in [1.165, 1.54) is 0 Å². The molecule has 0 heterocycles. The predicted octanol–water partition coefficient (Wildman–Crippen LogP) is 1.95. The van der Waals surface area contributed by atoms with E-state index >= 15 is 0 Å². The summed E-state index contributed by atoms with van der Waals surface area (Å²) in [5.74, 6) is 1.60. The highest BCUT2D eigenvalue weighted by Crippen LogP contribution is 2.27. The number of hydrogen-bond donors (Lipinski definition) is 2. The molecule has 7 heteroatoms. The van der Waals surface area contributed by atoms with Crippen LogP contribution in [0.5, 0.6) is 11.5 Å². The average Bonchev–Trinajstić information content (AvgIpc) is 2.76. The Balaban J connectivity index is 0.00000320. The topological polar surface area (TPSA) is 44.5 Å². The van der Waals surface area contributed by atoms with Gasteiger partial charge < -0.3 is 27.2 Å². The number of ether oxygens (including phenoxy) is 2. The standard InChI is InChI=1S/C23H20Cl2N2O2.ClH/c1-28-19-8-4-17(5-9-19)26-14-13-23(16-3-12-21(24)22(25)15-16)27-18-6-10-20(29-2)11-7-18;/h3-15,27H,1-2H3;1H. The van der Waals surface area contributed by atoms with Gasteiger partial charge in [-0.2, -0.15) is 0 Å². The first-order chi connectivity index (χ1) is 14.1. The third kappa shape index (κ3) is 6.42. The molecule has 0 bridgehead atoms. The van der Waals surface area contributed by atoms with E-state index in [0.717, 1.165) is 34.1 Å². The van der Waals surface area contributed by atoms with Crippen molar-refractivity contribution < 1.29 is 26.9 Å². The first-order valence-electron chi connectivity index (χ1n) is 8.89. The summed E-state index contributed by atoms with van der Waals surface area (Å²) >= 11 is 12.3. The van der Waals surface area contributed by atoms with Crippen molar-refractivity contribution >= 4 is 46.5 Å². The summed E-state index contributed by atoms with van der Waals surface area (Å²) in [5, 5.41) is 4.42. The van der Waals surface area contributed by atoms with Crippen LogP contribution in [0.1, 0.15) is 5.56 Å². The van der Waals surface area contributed by atoms with Crippen LogP contribution < -0.4 is 32.2 Å². The van der Waals surface area contributed by atoms with E-state index in [4.69, 9.17) is 32.7 Å². The second kappa shape index (κ2) is 11.5. The van der Waals surface area contributed by atoms with Gasteiger partial charge in [0.15, 0.2) is 6.21 Å². The van der Waals surface area contributed by atoms with Crippen molar-refractivity contribution in [1.29, 1.82) is 0 Å². The van der Waals surface area contributed by atoms with Crippen LogP contribution in [0.2, 0.25) is 10.0 Å². The fourth-order valence-corrected chi connectivity index (χ4v) is 2.91. The van der Waals surface area contributed by atoms with Crippen molar-refractivity contribution in [3.63, 3.8) is 0 Å². The summed E-state index contributed by atoms with van der Waals surface area (Å²) < 4.78 is 10.4. The van der Waals surface area contributed by atoms with Crippen molar-refractivity contribution in [2.45, 2.75) is 0 Å². The molecule has 3 rings (SSSR count).